The van der Waals surface area contributed by atoms with E-state index >= 15 is 9.59 Å². The van der Waals surface area contributed by atoms with E-state index in [1.54, 1.807) is 23.5 Å². The van der Waals surface area contributed by atoms with Crippen molar-refractivity contribution in [1.29, 1.82) is 0 Å². The van der Waals surface area contributed by atoms with Crippen molar-refractivity contribution in [2.75, 3.05) is 11.5 Å². The van der Waals surface area contributed by atoms with Crippen molar-refractivity contribution in [1.82, 2.24) is 19.1 Å². The molecule has 10 rings (SSSR count). The third-order valence-corrected chi connectivity index (χ3v) is 15.8. The fourth-order valence-corrected chi connectivity index (χ4v) is 12.9. The Labute approximate surface area is 355 Å². The van der Waals surface area contributed by atoms with Gasteiger partial charge < -0.3 is 0 Å². The Balaban J connectivity index is 0.999. The number of nitrogens with zero attached hydrogens (tertiary/aromatic N) is 4. The van der Waals surface area contributed by atoms with Crippen molar-refractivity contribution >= 4 is 23.5 Å². The van der Waals surface area contributed by atoms with Gasteiger partial charge in [-0.2, -0.15) is 0 Å². The van der Waals surface area contributed by atoms with Crippen LogP contribution in [0.3, 0.4) is 0 Å². The number of aryl methyl sites for hydroxylation is 2. The Hall–Kier alpha value is -4.66. The Bertz CT molecular complexity index is 2480. The Morgan fingerprint density at radius 1 is 0.525 bits per heavy atom. The molecule has 2 spiro atoms. The van der Waals surface area contributed by atoms with Crippen molar-refractivity contribution in [3.8, 4) is 33.9 Å². The summed E-state index contributed by atoms with van der Waals surface area (Å²) in [6.07, 6.45) is 13.8. The fourth-order valence-electron chi connectivity index (χ4n) is 10.8. The predicted octanol–water partition coefficient (Wildman–Crippen LogP) is 11.5. The molecule has 0 radical (unpaired) electrons. The van der Waals surface area contributed by atoms with Crippen LogP contribution in [0.5, 0.6) is 0 Å². The van der Waals surface area contributed by atoms with Crippen molar-refractivity contribution < 1.29 is 0 Å². The molecule has 59 heavy (non-hydrogen) atoms. The third-order valence-electron chi connectivity index (χ3n) is 13.7. The number of hydrogen-bond acceptors (Lipinski definition) is 6. The van der Waals surface area contributed by atoms with Gasteiger partial charge in [0.15, 0.2) is 10.3 Å². The zero-order chi connectivity index (χ0) is 40.1. The molecule has 2 saturated carbocycles. The van der Waals surface area contributed by atoms with Gasteiger partial charge >= 0.3 is 0 Å². The number of thioether (sulfide) groups is 2. The number of aromatic nitrogens is 4. The number of hydrogen-bond donors (Lipinski definition) is 0. The van der Waals surface area contributed by atoms with Crippen molar-refractivity contribution in [2.45, 2.75) is 118 Å². The van der Waals surface area contributed by atoms with Gasteiger partial charge in [-0.25, -0.2) is 9.97 Å². The molecule has 4 aromatic carbocycles. The Kier molecular flexibility index (Phi) is 10.3. The lowest BCUT2D eigenvalue weighted by Crippen LogP contribution is -2.43. The zero-order valence-electron chi connectivity index (χ0n) is 34.3. The molecule has 0 amide bonds. The van der Waals surface area contributed by atoms with E-state index in [1.165, 1.54) is 24.0 Å². The molecule has 2 aromatic heterocycles. The summed E-state index contributed by atoms with van der Waals surface area (Å²) in [5.41, 5.74) is 12.3. The van der Waals surface area contributed by atoms with Gasteiger partial charge in [-0.05, 0) is 94.2 Å². The molecule has 0 unspecified atom stereocenters. The maximum atomic E-state index is 15.1. The molecule has 2 heterocycles. The highest BCUT2D eigenvalue weighted by Gasteiger charge is 2.45. The molecule has 6 aromatic rings. The molecule has 0 atom stereocenters. The zero-order valence-corrected chi connectivity index (χ0v) is 35.9. The standard InChI is InChI=1S/C51H52N4O2S2/c1-34-18-22-38(23-19-34)54-46(56)42-44(40-16-7-5-14-36(40)32-50(42)26-9-3-10-27-50)52-48(54)58-30-13-31-59-49-53-45-41-17-8-6-15-37(41)33-51(28-11-4-12-29-51)43(45)47(57)55(49)39-24-20-35(2)21-25-39/h5-8,14-25H,3-4,9-13,26-33H2,1-2H3. The summed E-state index contributed by atoms with van der Waals surface area (Å²) in [6.45, 7) is 4.17. The highest BCUT2D eigenvalue weighted by atomic mass is 32.2. The maximum Gasteiger partial charge on any atom is 0.263 e. The first-order valence-corrected chi connectivity index (χ1v) is 23.7. The summed E-state index contributed by atoms with van der Waals surface area (Å²) < 4.78 is 3.80. The van der Waals surface area contributed by atoms with Gasteiger partial charge in [0.25, 0.3) is 11.1 Å². The van der Waals surface area contributed by atoms with E-state index in [2.05, 4.69) is 111 Å². The lowest BCUT2D eigenvalue weighted by Gasteiger charge is -2.42. The Morgan fingerprint density at radius 2 is 0.915 bits per heavy atom. The molecular formula is C51H52N4O2S2. The summed E-state index contributed by atoms with van der Waals surface area (Å²) in [5.74, 6) is 1.53. The summed E-state index contributed by atoms with van der Waals surface area (Å²) in [7, 11) is 0. The second kappa shape index (κ2) is 15.7. The van der Waals surface area contributed by atoms with Crippen LogP contribution in [0, 0.1) is 13.8 Å². The van der Waals surface area contributed by atoms with Crippen molar-refractivity contribution in [3.05, 3.63) is 151 Å². The average molecular weight is 817 g/mol. The van der Waals surface area contributed by atoms with E-state index < -0.39 is 0 Å². The number of fused-ring (bicyclic) bond motifs is 8. The minimum atomic E-state index is -0.176. The maximum absolute atomic E-state index is 15.1. The topological polar surface area (TPSA) is 69.8 Å². The smallest absolute Gasteiger partial charge is 0.263 e. The minimum absolute atomic E-state index is 0.0866. The van der Waals surface area contributed by atoms with E-state index in [4.69, 9.17) is 9.97 Å². The van der Waals surface area contributed by atoms with E-state index in [-0.39, 0.29) is 21.9 Å². The summed E-state index contributed by atoms with van der Waals surface area (Å²) in [6, 6.07) is 33.8. The monoisotopic (exact) mass is 816 g/mol. The second-order valence-corrected chi connectivity index (χ2v) is 19.7. The van der Waals surface area contributed by atoms with Crippen LogP contribution in [0.2, 0.25) is 0 Å². The highest BCUT2D eigenvalue weighted by Crippen LogP contribution is 2.50. The predicted molar refractivity (Wildman–Crippen MR) is 243 cm³/mol. The molecule has 0 bridgehead atoms. The van der Waals surface area contributed by atoms with Crippen molar-refractivity contribution in [2.24, 2.45) is 0 Å². The van der Waals surface area contributed by atoms with Crippen LogP contribution in [0.1, 0.15) is 104 Å². The van der Waals surface area contributed by atoms with Gasteiger partial charge in [0, 0.05) is 33.5 Å². The van der Waals surface area contributed by atoms with Crippen LogP contribution < -0.4 is 11.1 Å². The van der Waals surface area contributed by atoms with Gasteiger partial charge in [-0.15, -0.1) is 0 Å². The van der Waals surface area contributed by atoms with Gasteiger partial charge in [0.05, 0.1) is 33.9 Å². The lowest BCUT2D eigenvalue weighted by atomic mass is 9.62. The molecule has 8 heteroatoms. The molecule has 6 nitrogen and oxygen atoms in total. The molecule has 0 saturated heterocycles. The molecule has 300 valence electrons. The molecule has 0 aliphatic heterocycles. The first kappa shape index (κ1) is 38.5. The fraction of sp³-hybridized carbons (Fsp3) is 0.373. The minimum Gasteiger partial charge on any atom is -0.268 e. The summed E-state index contributed by atoms with van der Waals surface area (Å²) in [4.78, 5) is 41.1. The van der Waals surface area contributed by atoms with Crippen LogP contribution in [0.15, 0.2) is 117 Å². The third kappa shape index (κ3) is 6.84. The van der Waals surface area contributed by atoms with Crippen LogP contribution in [-0.4, -0.2) is 30.6 Å². The van der Waals surface area contributed by atoms with Gasteiger partial charge in [0.2, 0.25) is 0 Å². The molecular weight excluding hydrogens is 765 g/mol. The van der Waals surface area contributed by atoms with Crippen LogP contribution in [0.4, 0.5) is 0 Å². The Morgan fingerprint density at radius 3 is 1.32 bits per heavy atom. The van der Waals surface area contributed by atoms with Crippen LogP contribution in [0.25, 0.3) is 33.9 Å². The molecule has 4 aliphatic rings. The number of rotatable bonds is 8. The average Bonchev–Trinajstić information content (AvgIpc) is 3.25. The van der Waals surface area contributed by atoms with Gasteiger partial charge in [-0.3, -0.25) is 18.7 Å². The first-order chi connectivity index (χ1) is 28.8. The molecule has 0 N–H and O–H groups in total. The molecule has 2 fully saturated rings. The van der Waals surface area contributed by atoms with E-state index in [1.807, 2.05) is 9.13 Å². The normalized spacial score (nSPS) is 17.3. The summed E-state index contributed by atoms with van der Waals surface area (Å²) >= 11 is 3.32. The van der Waals surface area contributed by atoms with Crippen LogP contribution in [-0.2, 0) is 23.7 Å². The largest absolute Gasteiger partial charge is 0.268 e. The van der Waals surface area contributed by atoms with Gasteiger partial charge in [-0.1, -0.05) is 146 Å². The second-order valence-electron chi connectivity index (χ2n) is 17.6. The summed E-state index contributed by atoms with van der Waals surface area (Å²) in [5, 5.41) is 1.48. The van der Waals surface area contributed by atoms with E-state index in [0.717, 1.165) is 149 Å². The SMILES string of the molecule is Cc1ccc(-n2c(SCCCSc3nc4c(c(=O)n3-c3ccc(C)cc3)C3(CCCCC3)Cc3ccccc3-4)nc3c(c2=O)C2(CCCCC2)Cc2ccccc2-3)cc1. The molecule has 4 aliphatic carbocycles. The highest BCUT2D eigenvalue weighted by molar-refractivity contribution is 8.00. The van der Waals surface area contributed by atoms with E-state index in [0.29, 0.717) is 0 Å². The van der Waals surface area contributed by atoms with E-state index in [9.17, 15) is 0 Å². The quantitative estimate of drug-likeness (QED) is 0.0866. The lowest BCUT2D eigenvalue weighted by molar-refractivity contribution is 0.283. The van der Waals surface area contributed by atoms with Crippen LogP contribution >= 0.6 is 23.5 Å². The van der Waals surface area contributed by atoms with Crippen molar-refractivity contribution in [3.63, 3.8) is 0 Å². The first-order valence-electron chi connectivity index (χ1n) is 21.8. The number of benzene rings is 4. The van der Waals surface area contributed by atoms with Gasteiger partial charge in [0.1, 0.15) is 0 Å².